The lowest BCUT2D eigenvalue weighted by Gasteiger charge is -2.30. The van der Waals surface area contributed by atoms with Crippen LogP contribution in [0.3, 0.4) is 0 Å². The molecule has 4 heteroatoms. The van der Waals surface area contributed by atoms with Crippen LogP contribution in [0.4, 0.5) is 0 Å². The predicted octanol–water partition coefficient (Wildman–Crippen LogP) is 3.33. The quantitative estimate of drug-likeness (QED) is 0.798. The van der Waals surface area contributed by atoms with E-state index in [1.807, 2.05) is 37.3 Å². The molecule has 0 spiro atoms. The van der Waals surface area contributed by atoms with Gasteiger partial charge in [0.05, 0.1) is 7.11 Å². The fourth-order valence-electron chi connectivity index (χ4n) is 2.55. The maximum Gasteiger partial charge on any atom is 0.338 e. The summed E-state index contributed by atoms with van der Waals surface area (Å²) in [5, 5.41) is 0. The Morgan fingerprint density at radius 1 is 1.33 bits per heavy atom. The van der Waals surface area contributed by atoms with Crippen molar-refractivity contribution in [2.24, 2.45) is 10.9 Å². The van der Waals surface area contributed by atoms with Gasteiger partial charge in [-0.25, -0.2) is 9.79 Å². The van der Waals surface area contributed by atoms with Crippen molar-refractivity contribution in [3.05, 3.63) is 47.7 Å². The maximum absolute atomic E-state index is 12.3. The lowest BCUT2D eigenvalue weighted by molar-refractivity contribution is -0.145. The number of methoxy groups -OCH3 is 1. The molecular formula is C17H21NO3. The van der Waals surface area contributed by atoms with Crippen LogP contribution in [0.15, 0.2) is 47.2 Å². The molecule has 1 aromatic carbocycles. The van der Waals surface area contributed by atoms with Crippen LogP contribution < -0.4 is 0 Å². The third kappa shape index (κ3) is 3.32. The van der Waals surface area contributed by atoms with E-state index >= 15 is 0 Å². The molecule has 0 bridgehead atoms. The van der Waals surface area contributed by atoms with Crippen LogP contribution in [0, 0.1) is 5.92 Å². The Labute approximate surface area is 125 Å². The number of nitrogens with zero attached hydrogens (tertiary/aromatic N) is 1. The molecule has 1 aromatic rings. The summed E-state index contributed by atoms with van der Waals surface area (Å²) in [5.41, 5.74) is -0.154. The molecule has 1 heterocycles. The first-order valence-corrected chi connectivity index (χ1v) is 7.08. The summed E-state index contributed by atoms with van der Waals surface area (Å²) >= 11 is 0. The Kier molecular flexibility index (Phi) is 4.46. The highest BCUT2D eigenvalue weighted by Crippen LogP contribution is 2.31. The molecule has 0 amide bonds. The van der Waals surface area contributed by atoms with Crippen molar-refractivity contribution >= 4 is 11.9 Å². The van der Waals surface area contributed by atoms with E-state index in [-0.39, 0.29) is 5.97 Å². The van der Waals surface area contributed by atoms with Crippen LogP contribution in [0.5, 0.6) is 0 Å². The van der Waals surface area contributed by atoms with E-state index in [4.69, 9.17) is 9.47 Å². The number of allylic oxidation sites excluding steroid dienone is 1. The number of hydrogen-bond acceptors (Lipinski definition) is 4. The third-order valence-electron chi connectivity index (χ3n) is 3.28. The molecule has 1 unspecified atom stereocenters. The second-order valence-electron chi connectivity index (χ2n) is 5.65. The molecular weight excluding hydrogens is 266 g/mol. The van der Waals surface area contributed by atoms with Gasteiger partial charge >= 0.3 is 5.97 Å². The lowest BCUT2D eigenvalue weighted by Crippen LogP contribution is -2.41. The maximum atomic E-state index is 12.3. The van der Waals surface area contributed by atoms with E-state index in [0.717, 1.165) is 5.56 Å². The van der Waals surface area contributed by atoms with Crippen LogP contribution in [-0.4, -0.2) is 24.5 Å². The van der Waals surface area contributed by atoms with Gasteiger partial charge in [-0.1, -0.05) is 32.0 Å². The van der Waals surface area contributed by atoms with Gasteiger partial charge < -0.3 is 9.47 Å². The van der Waals surface area contributed by atoms with Gasteiger partial charge in [0, 0.05) is 5.56 Å². The largest absolute Gasteiger partial charge is 0.467 e. The minimum Gasteiger partial charge on any atom is -0.467 e. The second kappa shape index (κ2) is 6.12. The second-order valence-corrected chi connectivity index (χ2v) is 5.65. The normalized spacial score (nSPS) is 21.4. The Morgan fingerprint density at radius 2 is 2.00 bits per heavy atom. The molecule has 1 aliphatic heterocycles. The van der Waals surface area contributed by atoms with E-state index in [1.165, 1.54) is 7.11 Å². The highest BCUT2D eigenvalue weighted by molar-refractivity contribution is 5.99. The zero-order valence-corrected chi connectivity index (χ0v) is 12.9. The Morgan fingerprint density at radius 3 is 2.57 bits per heavy atom. The molecule has 1 aliphatic rings. The smallest absolute Gasteiger partial charge is 0.338 e. The van der Waals surface area contributed by atoms with Gasteiger partial charge in [0.15, 0.2) is 5.54 Å². The first kappa shape index (κ1) is 15.3. The van der Waals surface area contributed by atoms with Gasteiger partial charge in [0.1, 0.15) is 5.76 Å². The van der Waals surface area contributed by atoms with Gasteiger partial charge in [-0.15, -0.1) is 0 Å². The molecule has 1 atom stereocenters. The number of rotatable bonds is 4. The predicted molar refractivity (Wildman–Crippen MR) is 82.0 cm³/mol. The molecule has 0 saturated carbocycles. The molecule has 21 heavy (non-hydrogen) atoms. The fraction of sp³-hybridized carbons (Fsp3) is 0.412. The number of carbonyl (C=O) groups is 1. The minimum absolute atomic E-state index is 0.298. The van der Waals surface area contributed by atoms with Crippen molar-refractivity contribution in [2.45, 2.75) is 32.7 Å². The van der Waals surface area contributed by atoms with Crippen molar-refractivity contribution in [1.29, 1.82) is 0 Å². The highest BCUT2D eigenvalue weighted by Gasteiger charge is 2.41. The zero-order valence-electron chi connectivity index (χ0n) is 12.9. The molecule has 0 saturated heterocycles. The van der Waals surface area contributed by atoms with Crippen LogP contribution >= 0.6 is 0 Å². The lowest BCUT2D eigenvalue weighted by atomic mass is 9.88. The van der Waals surface area contributed by atoms with Crippen molar-refractivity contribution < 1.29 is 14.3 Å². The van der Waals surface area contributed by atoms with E-state index in [9.17, 15) is 4.79 Å². The van der Waals surface area contributed by atoms with Crippen LogP contribution in [0.25, 0.3) is 0 Å². The molecule has 2 rings (SSSR count). The zero-order chi connectivity index (χ0) is 15.5. The summed E-state index contributed by atoms with van der Waals surface area (Å²) in [6, 6.07) is 9.58. The topological polar surface area (TPSA) is 47.9 Å². The highest BCUT2D eigenvalue weighted by atomic mass is 16.5. The van der Waals surface area contributed by atoms with Crippen molar-refractivity contribution in [2.75, 3.05) is 7.11 Å². The summed E-state index contributed by atoms with van der Waals surface area (Å²) in [6.45, 7) is 5.94. The van der Waals surface area contributed by atoms with Gasteiger partial charge in [-0.3, -0.25) is 0 Å². The molecule has 0 aliphatic carbocycles. The van der Waals surface area contributed by atoms with Crippen molar-refractivity contribution in [3.63, 3.8) is 0 Å². The van der Waals surface area contributed by atoms with E-state index in [2.05, 4.69) is 18.8 Å². The summed E-state index contributed by atoms with van der Waals surface area (Å²) in [6.07, 6.45) is 2.34. The van der Waals surface area contributed by atoms with Crippen LogP contribution in [-0.2, 0) is 14.3 Å². The molecule has 4 nitrogen and oxygen atoms in total. The molecule has 0 N–H and O–H groups in total. The molecule has 0 aromatic heterocycles. The van der Waals surface area contributed by atoms with Gasteiger partial charge in [0.25, 0.3) is 0 Å². The Hall–Kier alpha value is -2.10. The van der Waals surface area contributed by atoms with Gasteiger partial charge in [-0.05, 0) is 37.5 Å². The van der Waals surface area contributed by atoms with Crippen LogP contribution in [0.1, 0.15) is 32.8 Å². The average molecular weight is 287 g/mol. The molecule has 0 fully saturated rings. The summed E-state index contributed by atoms with van der Waals surface area (Å²) in [5.74, 6) is 1.07. The monoisotopic (exact) mass is 287 g/mol. The van der Waals surface area contributed by atoms with Gasteiger partial charge in [-0.2, -0.15) is 0 Å². The van der Waals surface area contributed by atoms with Crippen molar-refractivity contribution in [1.82, 2.24) is 0 Å². The Balaban J connectivity index is 2.49. The van der Waals surface area contributed by atoms with E-state index in [1.54, 1.807) is 6.08 Å². The number of hydrogen-bond donors (Lipinski definition) is 0. The summed E-state index contributed by atoms with van der Waals surface area (Å²) in [7, 11) is 1.39. The number of esters is 1. The number of aliphatic imine (C=N–C) groups is 1. The summed E-state index contributed by atoms with van der Waals surface area (Å²) < 4.78 is 10.7. The Bertz CT molecular complexity index is 575. The summed E-state index contributed by atoms with van der Waals surface area (Å²) in [4.78, 5) is 16.9. The fourth-order valence-corrected chi connectivity index (χ4v) is 2.55. The SMILES string of the molecule is COC(=O)C1(CC(C)C)C=C(C)OC(c2ccccc2)=N1. The van der Waals surface area contributed by atoms with Crippen molar-refractivity contribution in [3.8, 4) is 0 Å². The third-order valence-corrected chi connectivity index (χ3v) is 3.28. The van der Waals surface area contributed by atoms with Crippen LogP contribution in [0.2, 0.25) is 0 Å². The first-order valence-electron chi connectivity index (χ1n) is 7.08. The first-order chi connectivity index (χ1) is 9.97. The standard InChI is InChI=1S/C17H21NO3/c1-12(2)10-17(16(19)20-4)11-13(3)21-15(18-17)14-8-6-5-7-9-14/h5-9,11-12H,10H2,1-4H3. The minimum atomic E-state index is -1.00. The number of ether oxygens (including phenoxy) is 2. The van der Waals surface area contributed by atoms with E-state index in [0.29, 0.717) is 24.0 Å². The number of benzene rings is 1. The molecule has 112 valence electrons. The number of carbonyl (C=O) groups excluding carboxylic acids is 1. The van der Waals surface area contributed by atoms with E-state index < -0.39 is 5.54 Å². The van der Waals surface area contributed by atoms with Gasteiger partial charge in [0.2, 0.25) is 5.90 Å². The molecule has 0 radical (unpaired) electrons. The average Bonchev–Trinajstić information content (AvgIpc) is 2.46.